The van der Waals surface area contributed by atoms with Crippen LogP contribution < -0.4 is 25.4 Å². The number of hydrogen-bond donors (Lipinski definition) is 4. The summed E-state index contributed by atoms with van der Waals surface area (Å²) in [6.07, 6.45) is -0.702. The quantitative estimate of drug-likeness (QED) is 0.0743. The molecule has 1 fully saturated rings. The van der Waals surface area contributed by atoms with Crippen LogP contribution in [0.2, 0.25) is 0 Å². The van der Waals surface area contributed by atoms with Gasteiger partial charge in [0.15, 0.2) is 11.5 Å². The van der Waals surface area contributed by atoms with E-state index in [-0.39, 0.29) is 57.1 Å². The fourth-order valence-corrected chi connectivity index (χ4v) is 9.50. The zero-order valence-corrected chi connectivity index (χ0v) is 39.8. The predicted molar refractivity (Wildman–Crippen MR) is 262 cm³/mol. The van der Waals surface area contributed by atoms with Gasteiger partial charge >= 0.3 is 0 Å². The molecule has 1 saturated heterocycles. The summed E-state index contributed by atoms with van der Waals surface area (Å²) < 4.78 is 17.6. The van der Waals surface area contributed by atoms with Crippen molar-refractivity contribution in [3.8, 4) is 55.6 Å². The van der Waals surface area contributed by atoms with Gasteiger partial charge in [-0.15, -0.1) is 11.3 Å². The lowest BCUT2D eigenvalue weighted by molar-refractivity contribution is -0.144. The van der Waals surface area contributed by atoms with Crippen molar-refractivity contribution in [3.05, 3.63) is 125 Å². The number of thiazole rings is 1. The van der Waals surface area contributed by atoms with E-state index in [2.05, 4.69) is 20.9 Å². The van der Waals surface area contributed by atoms with Crippen molar-refractivity contribution in [3.63, 3.8) is 0 Å². The highest BCUT2D eigenvalue weighted by atomic mass is 32.1. The number of pyridine rings is 1. The third-order valence-electron chi connectivity index (χ3n) is 12.2. The monoisotopic (exact) mass is 936 g/mol. The van der Waals surface area contributed by atoms with E-state index in [9.17, 15) is 24.3 Å². The fourth-order valence-electron chi connectivity index (χ4n) is 8.69. The number of β-amino-alcohol motifs (C(OH)–C–C–N with tert-alkyl or cyclic N) is 1. The molecule has 0 saturated carbocycles. The van der Waals surface area contributed by atoms with Crippen LogP contribution in [0.3, 0.4) is 0 Å². The minimum absolute atomic E-state index is 0.0416. The van der Waals surface area contributed by atoms with Crippen LogP contribution in [0.1, 0.15) is 57.0 Å². The number of fused-ring (bicyclic) bond motifs is 3. The number of amides is 4. The van der Waals surface area contributed by atoms with E-state index in [0.29, 0.717) is 17.2 Å². The molecule has 4 aromatic carbocycles. The lowest BCUT2D eigenvalue weighted by Gasteiger charge is -2.35. The van der Waals surface area contributed by atoms with E-state index in [1.54, 1.807) is 24.5 Å². The Kier molecular flexibility index (Phi) is 14.3. The number of ether oxygens (including phenoxy) is 3. The minimum Gasteiger partial charge on any atom is -0.493 e. The van der Waals surface area contributed by atoms with E-state index < -0.39 is 35.4 Å². The first-order valence-corrected chi connectivity index (χ1v) is 23.5. The Hall–Kier alpha value is -6.94. The molecule has 4 heterocycles. The number of hydrogen-bond acceptors (Lipinski definition) is 11. The summed E-state index contributed by atoms with van der Waals surface area (Å²) in [5, 5.41) is 19.6. The SMILES string of the molecule is COc1cc(-c2cc(-c3ccccc3)nc3c2CC(=O)Nc2ccccc2-3)ccc1OCCOCC(=O)N[C@H](C(=O)N1C[C@H](O)C[C@H]1C(=O)N[C@@H](C)c1ccc(-c2scnc2C)cc1)C(C)(C)C. The number of para-hydroxylation sites is 1. The number of nitrogens with zero attached hydrogens (tertiary/aromatic N) is 3. The van der Waals surface area contributed by atoms with Crippen molar-refractivity contribution in [2.45, 2.75) is 71.7 Å². The number of aromatic nitrogens is 2. The highest BCUT2D eigenvalue weighted by Crippen LogP contribution is 2.42. The maximum atomic E-state index is 14.2. The average Bonchev–Trinajstić information content (AvgIpc) is 3.91. The number of anilines is 1. The summed E-state index contributed by atoms with van der Waals surface area (Å²) in [6.45, 7) is 9.06. The molecule has 2 aliphatic rings. The molecule has 4 N–H and O–H groups in total. The van der Waals surface area contributed by atoms with Crippen molar-refractivity contribution in [1.29, 1.82) is 0 Å². The summed E-state index contributed by atoms with van der Waals surface area (Å²) >= 11 is 1.57. The van der Waals surface area contributed by atoms with Gasteiger partial charge in [0.2, 0.25) is 23.6 Å². The van der Waals surface area contributed by atoms with Gasteiger partial charge in [0.1, 0.15) is 25.3 Å². The number of aliphatic hydroxyl groups excluding tert-OH is 1. The summed E-state index contributed by atoms with van der Waals surface area (Å²) in [4.78, 5) is 66.3. The molecule has 68 heavy (non-hydrogen) atoms. The topological polar surface area (TPSA) is 181 Å². The molecule has 4 atom stereocenters. The number of rotatable bonds is 15. The van der Waals surface area contributed by atoms with Crippen molar-refractivity contribution < 1.29 is 38.5 Å². The van der Waals surface area contributed by atoms with Gasteiger partial charge in [-0.2, -0.15) is 0 Å². The van der Waals surface area contributed by atoms with Crippen LogP contribution in [0.25, 0.3) is 44.1 Å². The second kappa shape index (κ2) is 20.5. The van der Waals surface area contributed by atoms with Gasteiger partial charge < -0.3 is 40.2 Å². The first kappa shape index (κ1) is 47.5. The summed E-state index contributed by atoms with van der Waals surface area (Å²) in [5.41, 5.74) is 10.3. The molecule has 0 aliphatic carbocycles. The zero-order valence-electron chi connectivity index (χ0n) is 39.0. The molecule has 0 spiro atoms. The second-order valence-corrected chi connectivity index (χ2v) is 19.0. The van der Waals surface area contributed by atoms with Crippen LogP contribution in [0.5, 0.6) is 11.5 Å². The van der Waals surface area contributed by atoms with Crippen LogP contribution in [-0.2, 0) is 30.3 Å². The maximum Gasteiger partial charge on any atom is 0.246 e. The van der Waals surface area contributed by atoms with E-state index in [1.165, 1.54) is 4.90 Å². The van der Waals surface area contributed by atoms with Crippen LogP contribution in [0, 0.1) is 12.3 Å². The average molecular weight is 937 g/mol. The highest BCUT2D eigenvalue weighted by molar-refractivity contribution is 7.13. The normalized spacial score (nSPS) is 16.4. The molecule has 0 bridgehead atoms. The number of aliphatic hydroxyl groups is 1. The Bertz CT molecular complexity index is 2810. The number of nitrogens with one attached hydrogen (secondary N) is 3. The van der Waals surface area contributed by atoms with Crippen LogP contribution in [-0.4, -0.2) is 95.3 Å². The van der Waals surface area contributed by atoms with Crippen molar-refractivity contribution in [1.82, 2.24) is 25.5 Å². The van der Waals surface area contributed by atoms with Gasteiger partial charge in [-0.25, -0.2) is 9.97 Å². The number of aryl methyl sites for hydroxylation is 1. The third-order valence-corrected chi connectivity index (χ3v) is 13.2. The first-order chi connectivity index (χ1) is 32.7. The van der Waals surface area contributed by atoms with E-state index in [1.807, 2.05) is 137 Å². The Balaban J connectivity index is 0.885. The first-order valence-electron chi connectivity index (χ1n) is 22.6. The van der Waals surface area contributed by atoms with E-state index in [4.69, 9.17) is 19.2 Å². The smallest absolute Gasteiger partial charge is 0.246 e. The molecule has 6 aromatic rings. The molecule has 0 radical (unpaired) electrons. The van der Waals surface area contributed by atoms with E-state index >= 15 is 0 Å². The molecular formula is C53H56N6O8S. The van der Waals surface area contributed by atoms with Crippen molar-refractivity contribution >= 4 is 40.7 Å². The number of likely N-dealkylation sites (tertiary alicyclic amines) is 1. The fraction of sp³-hybridized carbons (Fsp3) is 0.321. The number of carbonyl (C=O) groups excluding carboxylic acids is 4. The van der Waals surface area contributed by atoms with Gasteiger partial charge in [0, 0.05) is 24.1 Å². The number of benzene rings is 4. The molecule has 14 nitrogen and oxygen atoms in total. The van der Waals surface area contributed by atoms with Crippen molar-refractivity contribution in [2.75, 3.05) is 38.8 Å². The van der Waals surface area contributed by atoms with Crippen LogP contribution in [0.4, 0.5) is 5.69 Å². The summed E-state index contributed by atoms with van der Waals surface area (Å²) in [5.74, 6) is -0.598. The molecular weight excluding hydrogens is 881 g/mol. The van der Waals surface area contributed by atoms with Crippen LogP contribution >= 0.6 is 11.3 Å². The van der Waals surface area contributed by atoms with Crippen LogP contribution in [0.15, 0.2) is 109 Å². The van der Waals surface area contributed by atoms with E-state index in [0.717, 1.165) is 60.9 Å². The van der Waals surface area contributed by atoms with Crippen molar-refractivity contribution in [2.24, 2.45) is 5.41 Å². The summed E-state index contributed by atoms with van der Waals surface area (Å²) in [7, 11) is 1.55. The lowest BCUT2D eigenvalue weighted by atomic mass is 9.85. The lowest BCUT2D eigenvalue weighted by Crippen LogP contribution is -2.58. The number of carbonyl (C=O) groups is 4. The Morgan fingerprint density at radius 2 is 1.63 bits per heavy atom. The standard InChI is InChI=1S/C53H56N6O8S/c1-31(33-16-18-35(19-17-33)49-32(2)54-30-68-49)55-51(63)43-25-37(60)28-59(43)52(64)50(53(3,4)5)58-47(62)29-66-22-23-67-44-21-20-36(24-45(44)65-6)39-26-42(34-12-8-7-9-13-34)57-48-38-14-10-11-15-41(38)56-46(61)27-40(39)48/h7-21,24,26,30-31,37,43,50,60H,22-23,25,27-29H2,1-6H3,(H,55,63)(H,56,61)(H,58,62)/t31-,37+,43-,50+/m0/s1. The molecule has 8 rings (SSSR count). The Morgan fingerprint density at radius 3 is 2.35 bits per heavy atom. The summed E-state index contributed by atoms with van der Waals surface area (Å²) in [6, 6.07) is 30.7. The molecule has 2 aromatic heterocycles. The predicted octanol–water partition coefficient (Wildman–Crippen LogP) is 7.78. The third kappa shape index (κ3) is 10.6. The van der Waals surface area contributed by atoms with Gasteiger partial charge in [0.25, 0.3) is 0 Å². The largest absolute Gasteiger partial charge is 0.493 e. The minimum atomic E-state index is -1.01. The highest BCUT2D eigenvalue weighted by Gasteiger charge is 2.44. The van der Waals surface area contributed by atoms with Gasteiger partial charge in [-0.1, -0.05) is 99.6 Å². The Labute approximate surface area is 400 Å². The molecule has 4 amide bonds. The molecule has 352 valence electrons. The zero-order chi connectivity index (χ0) is 48.1. The van der Waals surface area contributed by atoms with Gasteiger partial charge in [0.05, 0.1) is 65.4 Å². The molecule has 15 heteroatoms. The molecule has 0 unspecified atom stereocenters. The maximum absolute atomic E-state index is 14.2. The molecule has 2 aliphatic heterocycles. The van der Waals surface area contributed by atoms with Gasteiger partial charge in [-0.05, 0) is 71.3 Å². The van der Waals surface area contributed by atoms with Gasteiger partial charge in [-0.3, -0.25) is 19.2 Å². The Morgan fingerprint density at radius 1 is 0.897 bits per heavy atom. The number of methoxy groups -OCH3 is 1. The second-order valence-electron chi connectivity index (χ2n) is 18.2.